The Kier molecular flexibility index (Phi) is 4.12. The molecule has 6 heteroatoms. The van der Waals surface area contributed by atoms with E-state index in [-0.39, 0.29) is 18.9 Å². The lowest BCUT2D eigenvalue weighted by Gasteiger charge is -2.14. The highest BCUT2D eigenvalue weighted by Crippen LogP contribution is 2.48. The Morgan fingerprint density at radius 2 is 1.80 bits per heavy atom. The van der Waals surface area contributed by atoms with Crippen LogP contribution in [-0.2, 0) is 0 Å². The Hall–Kier alpha value is -2.14. The van der Waals surface area contributed by atoms with Crippen LogP contribution in [-0.4, -0.2) is 24.8 Å². The number of hydrogen-bond acceptors (Lipinski definition) is 3. The molecule has 2 aliphatic rings. The average molecular weight is 363 g/mol. The van der Waals surface area contributed by atoms with Gasteiger partial charge < -0.3 is 10.2 Å². The third-order valence-corrected chi connectivity index (χ3v) is 4.91. The van der Waals surface area contributed by atoms with E-state index in [0.29, 0.717) is 17.3 Å². The Labute approximate surface area is 149 Å². The first-order valence-corrected chi connectivity index (χ1v) is 8.58. The molecule has 1 saturated carbocycles. The molecule has 4 rings (SSSR count). The summed E-state index contributed by atoms with van der Waals surface area (Å²) in [6.45, 7) is 0.779. The van der Waals surface area contributed by atoms with E-state index in [4.69, 9.17) is 16.3 Å². The fraction of sp³-hybridized carbons (Fsp3) is 0.316. The van der Waals surface area contributed by atoms with Gasteiger partial charge in [-0.25, -0.2) is 8.78 Å². The highest BCUT2D eigenvalue weighted by molar-refractivity contribution is 6.30. The van der Waals surface area contributed by atoms with Crippen LogP contribution in [0.15, 0.2) is 53.6 Å². The second kappa shape index (κ2) is 6.30. The zero-order valence-corrected chi connectivity index (χ0v) is 14.1. The van der Waals surface area contributed by atoms with Crippen molar-refractivity contribution in [2.24, 2.45) is 11.0 Å². The second-order valence-electron chi connectivity index (χ2n) is 6.46. The fourth-order valence-electron chi connectivity index (χ4n) is 3.00. The molecule has 3 nitrogen and oxygen atoms in total. The summed E-state index contributed by atoms with van der Waals surface area (Å²) in [7, 11) is 0. The van der Waals surface area contributed by atoms with E-state index in [0.717, 1.165) is 16.8 Å². The Morgan fingerprint density at radius 3 is 2.44 bits per heavy atom. The molecule has 2 atom stereocenters. The Morgan fingerprint density at radius 1 is 1.12 bits per heavy atom. The summed E-state index contributed by atoms with van der Waals surface area (Å²) in [6, 6.07) is 15.2. The zero-order valence-electron chi connectivity index (χ0n) is 13.4. The van der Waals surface area contributed by atoms with Crippen molar-refractivity contribution in [1.29, 1.82) is 0 Å². The minimum atomic E-state index is -2.54. The van der Waals surface area contributed by atoms with Gasteiger partial charge in [-0.2, -0.15) is 5.10 Å². The van der Waals surface area contributed by atoms with Gasteiger partial charge in [0, 0.05) is 23.9 Å². The van der Waals surface area contributed by atoms with Gasteiger partial charge in [-0.3, -0.25) is 0 Å². The SMILES string of the molecule is FC1(F)CC1COc1ccc(C2CNN=C2c2ccc(Cl)cc2)cc1. The van der Waals surface area contributed by atoms with Gasteiger partial charge in [-0.05, 0) is 35.4 Å². The molecule has 0 amide bonds. The smallest absolute Gasteiger partial charge is 0.255 e. The average Bonchev–Trinajstić information content (AvgIpc) is 3.00. The molecular formula is C19H17ClF2N2O. The van der Waals surface area contributed by atoms with Crippen molar-refractivity contribution in [3.05, 3.63) is 64.7 Å². The van der Waals surface area contributed by atoms with E-state index in [1.54, 1.807) is 0 Å². The predicted molar refractivity (Wildman–Crippen MR) is 93.7 cm³/mol. The molecule has 1 aliphatic heterocycles. The van der Waals surface area contributed by atoms with E-state index in [1.807, 2.05) is 48.5 Å². The number of hydrazone groups is 1. The monoisotopic (exact) mass is 362 g/mol. The van der Waals surface area contributed by atoms with Gasteiger partial charge in [-0.1, -0.05) is 35.9 Å². The van der Waals surface area contributed by atoms with Crippen molar-refractivity contribution in [2.75, 3.05) is 13.2 Å². The Bertz CT molecular complexity index is 790. The molecule has 1 N–H and O–H groups in total. The van der Waals surface area contributed by atoms with Gasteiger partial charge in [0.25, 0.3) is 5.92 Å². The predicted octanol–water partition coefficient (Wildman–Crippen LogP) is 4.47. The maximum Gasteiger partial charge on any atom is 0.255 e. The molecule has 130 valence electrons. The molecule has 1 aliphatic carbocycles. The van der Waals surface area contributed by atoms with Gasteiger partial charge in [0.15, 0.2) is 0 Å². The molecule has 0 radical (unpaired) electrons. The Balaban J connectivity index is 1.44. The van der Waals surface area contributed by atoms with Crippen molar-refractivity contribution in [1.82, 2.24) is 5.43 Å². The number of halogens is 3. The molecule has 0 spiro atoms. The van der Waals surface area contributed by atoms with Crippen LogP contribution in [0.25, 0.3) is 0 Å². The quantitative estimate of drug-likeness (QED) is 0.851. The summed E-state index contributed by atoms with van der Waals surface area (Å²) in [5.74, 6) is -2.44. The minimum absolute atomic E-state index is 0.0643. The molecule has 1 heterocycles. The highest BCUT2D eigenvalue weighted by Gasteiger charge is 2.57. The summed E-state index contributed by atoms with van der Waals surface area (Å²) in [5, 5.41) is 5.10. The third kappa shape index (κ3) is 3.47. The van der Waals surface area contributed by atoms with Crippen LogP contribution in [0.3, 0.4) is 0 Å². The van der Waals surface area contributed by atoms with Crippen molar-refractivity contribution >= 4 is 17.3 Å². The first-order chi connectivity index (χ1) is 12.0. The normalized spacial score (nSPS) is 23.7. The second-order valence-corrected chi connectivity index (χ2v) is 6.90. The number of alkyl halides is 2. The number of benzene rings is 2. The number of rotatable bonds is 5. The van der Waals surface area contributed by atoms with Gasteiger partial charge in [0.1, 0.15) is 5.75 Å². The van der Waals surface area contributed by atoms with Crippen LogP contribution < -0.4 is 10.2 Å². The lowest BCUT2D eigenvalue weighted by Crippen LogP contribution is -2.14. The fourth-order valence-corrected chi connectivity index (χ4v) is 3.13. The number of hydrogen-bond donors (Lipinski definition) is 1. The molecule has 2 aromatic rings. The maximum absolute atomic E-state index is 12.9. The first kappa shape index (κ1) is 16.3. The van der Waals surface area contributed by atoms with Crippen LogP contribution in [0.2, 0.25) is 5.02 Å². The van der Waals surface area contributed by atoms with Gasteiger partial charge in [0.05, 0.1) is 18.2 Å². The maximum atomic E-state index is 12.9. The third-order valence-electron chi connectivity index (χ3n) is 4.65. The summed E-state index contributed by atoms with van der Waals surface area (Å²) in [5.41, 5.74) is 6.13. The topological polar surface area (TPSA) is 33.6 Å². The molecule has 0 saturated heterocycles. The van der Waals surface area contributed by atoms with Crippen LogP contribution in [0, 0.1) is 5.92 Å². The number of ether oxygens (including phenoxy) is 1. The standard InChI is InChI=1S/C19H17ClF2N2O/c20-15-5-1-13(2-6-15)18-17(10-23-24-18)12-3-7-16(8-4-12)25-11-14-9-19(14,21)22/h1-8,14,17,23H,9-11H2. The summed E-state index contributed by atoms with van der Waals surface area (Å²) in [6.07, 6.45) is -0.0697. The van der Waals surface area contributed by atoms with E-state index < -0.39 is 11.8 Å². The molecule has 0 aromatic heterocycles. The van der Waals surface area contributed by atoms with Crippen LogP contribution >= 0.6 is 11.6 Å². The van der Waals surface area contributed by atoms with E-state index in [1.165, 1.54) is 0 Å². The number of nitrogens with one attached hydrogen (secondary N) is 1. The lowest BCUT2D eigenvalue weighted by molar-refractivity contribution is 0.0856. The van der Waals surface area contributed by atoms with E-state index in [2.05, 4.69) is 10.5 Å². The first-order valence-electron chi connectivity index (χ1n) is 8.20. The summed E-state index contributed by atoms with van der Waals surface area (Å²) < 4.78 is 31.2. The van der Waals surface area contributed by atoms with Crippen molar-refractivity contribution in [3.63, 3.8) is 0 Å². The molecule has 25 heavy (non-hydrogen) atoms. The van der Waals surface area contributed by atoms with Crippen molar-refractivity contribution < 1.29 is 13.5 Å². The van der Waals surface area contributed by atoms with E-state index in [9.17, 15) is 8.78 Å². The van der Waals surface area contributed by atoms with Crippen LogP contribution in [0.5, 0.6) is 5.75 Å². The van der Waals surface area contributed by atoms with Gasteiger partial charge in [0.2, 0.25) is 0 Å². The molecular weight excluding hydrogens is 346 g/mol. The summed E-state index contributed by atoms with van der Waals surface area (Å²) >= 11 is 5.95. The van der Waals surface area contributed by atoms with Gasteiger partial charge >= 0.3 is 0 Å². The van der Waals surface area contributed by atoms with E-state index >= 15 is 0 Å². The zero-order chi connectivity index (χ0) is 17.4. The molecule has 0 bridgehead atoms. The lowest BCUT2D eigenvalue weighted by atomic mass is 9.91. The van der Waals surface area contributed by atoms with Crippen LogP contribution in [0.1, 0.15) is 23.5 Å². The molecule has 2 aromatic carbocycles. The summed E-state index contributed by atoms with van der Waals surface area (Å²) in [4.78, 5) is 0. The molecule has 2 unspecified atom stereocenters. The highest BCUT2D eigenvalue weighted by atomic mass is 35.5. The van der Waals surface area contributed by atoms with Crippen molar-refractivity contribution in [3.8, 4) is 5.75 Å². The van der Waals surface area contributed by atoms with Crippen LogP contribution in [0.4, 0.5) is 8.78 Å². The largest absolute Gasteiger partial charge is 0.493 e. The minimum Gasteiger partial charge on any atom is -0.493 e. The van der Waals surface area contributed by atoms with Crippen molar-refractivity contribution in [2.45, 2.75) is 18.3 Å². The number of nitrogens with zero attached hydrogens (tertiary/aromatic N) is 1. The molecule has 1 fully saturated rings. The van der Waals surface area contributed by atoms with Gasteiger partial charge in [-0.15, -0.1) is 0 Å².